The number of nitrogens with zero attached hydrogens (tertiary/aromatic N) is 2. The van der Waals surface area contributed by atoms with Gasteiger partial charge in [0.1, 0.15) is 23.2 Å². The summed E-state index contributed by atoms with van der Waals surface area (Å²) in [4.78, 5) is 8.62. The SMILES string of the molecule is CNc1cc(Nc2ccc(F)cc2OC)nc(SC)n1. The van der Waals surface area contributed by atoms with Crippen LogP contribution >= 0.6 is 11.8 Å². The maximum absolute atomic E-state index is 13.2. The van der Waals surface area contributed by atoms with Crippen LogP contribution in [0.15, 0.2) is 29.4 Å². The molecule has 7 heteroatoms. The molecular weight excluding hydrogens is 279 g/mol. The lowest BCUT2D eigenvalue weighted by molar-refractivity contribution is 0.413. The zero-order valence-electron chi connectivity index (χ0n) is 11.4. The number of thioether (sulfide) groups is 1. The maximum Gasteiger partial charge on any atom is 0.191 e. The Labute approximate surface area is 121 Å². The fourth-order valence-corrected chi connectivity index (χ4v) is 1.99. The Hall–Kier alpha value is -2.02. The number of hydrogen-bond donors (Lipinski definition) is 2. The minimum absolute atomic E-state index is 0.351. The van der Waals surface area contributed by atoms with Crippen LogP contribution in [0, 0.1) is 5.82 Å². The molecule has 0 saturated heterocycles. The topological polar surface area (TPSA) is 59.1 Å². The first-order valence-corrected chi connectivity index (χ1v) is 7.10. The van der Waals surface area contributed by atoms with E-state index in [4.69, 9.17) is 4.74 Å². The minimum atomic E-state index is -0.351. The maximum atomic E-state index is 13.2. The predicted molar refractivity (Wildman–Crippen MR) is 79.6 cm³/mol. The third-order valence-electron chi connectivity index (χ3n) is 2.57. The average molecular weight is 294 g/mol. The summed E-state index contributed by atoms with van der Waals surface area (Å²) in [5, 5.41) is 6.71. The van der Waals surface area contributed by atoms with Crippen LogP contribution in [-0.4, -0.2) is 30.4 Å². The zero-order chi connectivity index (χ0) is 14.5. The van der Waals surface area contributed by atoms with Gasteiger partial charge < -0.3 is 15.4 Å². The van der Waals surface area contributed by atoms with Gasteiger partial charge in [-0.15, -0.1) is 0 Å². The molecule has 2 aromatic rings. The quantitative estimate of drug-likeness (QED) is 0.652. The molecule has 106 valence electrons. The summed E-state index contributed by atoms with van der Waals surface area (Å²) in [6.07, 6.45) is 1.90. The second-order valence-electron chi connectivity index (χ2n) is 3.84. The van der Waals surface area contributed by atoms with E-state index in [0.29, 0.717) is 28.2 Å². The third-order valence-corrected chi connectivity index (χ3v) is 3.12. The van der Waals surface area contributed by atoms with E-state index < -0.39 is 0 Å². The fourth-order valence-electron chi connectivity index (χ4n) is 1.61. The molecule has 0 spiro atoms. The molecule has 0 fully saturated rings. The molecular formula is C13H15FN4OS. The number of methoxy groups -OCH3 is 1. The van der Waals surface area contributed by atoms with E-state index in [1.807, 2.05) is 6.26 Å². The lowest BCUT2D eigenvalue weighted by atomic mass is 10.3. The van der Waals surface area contributed by atoms with Gasteiger partial charge in [0.25, 0.3) is 0 Å². The molecule has 0 atom stereocenters. The van der Waals surface area contributed by atoms with Crippen LogP contribution in [0.5, 0.6) is 5.75 Å². The summed E-state index contributed by atoms with van der Waals surface area (Å²) >= 11 is 1.44. The highest BCUT2D eigenvalue weighted by Crippen LogP contribution is 2.28. The van der Waals surface area contributed by atoms with Crippen LogP contribution in [0.3, 0.4) is 0 Å². The Kier molecular flexibility index (Phi) is 4.62. The zero-order valence-corrected chi connectivity index (χ0v) is 12.2. The second kappa shape index (κ2) is 6.42. The van der Waals surface area contributed by atoms with Gasteiger partial charge in [0.15, 0.2) is 5.16 Å². The molecule has 1 aromatic heterocycles. The third kappa shape index (κ3) is 3.30. The second-order valence-corrected chi connectivity index (χ2v) is 4.62. The van der Waals surface area contributed by atoms with Gasteiger partial charge in [0, 0.05) is 19.2 Å². The first kappa shape index (κ1) is 14.4. The number of benzene rings is 1. The van der Waals surface area contributed by atoms with Crippen molar-refractivity contribution in [2.75, 3.05) is 31.0 Å². The van der Waals surface area contributed by atoms with E-state index in [0.717, 1.165) is 0 Å². The fraction of sp³-hybridized carbons (Fsp3) is 0.231. The Morgan fingerprint density at radius 1 is 1.20 bits per heavy atom. The molecule has 0 radical (unpaired) electrons. The molecule has 0 saturated carbocycles. The summed E-state index contributed by atoms with van der Waals surface area (Å²) < 4.78 is 18.3. The Bertz CT molecular complexity index is 587. The molecule has 0 aliphatic rings. The van der Waals surface area contributed by atoms with Crippen molar-refractivity contribution < 1.29 is 9.13 Å². The molecule has 0 aliphatic carbocycles. The minimum Gasteiger partial charge on any atom is -0.494 e. The molecule has 0 aliphatic heterocycles. The van der Waals surface area contributed by atoms with Crippen molar-refractivity contribution >= 4 is 29.1 Å². The van der Waals surface area contributed by atoms with Crippen LogP contribution in [0.1, 0.15) is 0 Å². The molecule has 0 amide bonds. The van der Waals surface area contributed by atoms with Crippen LogP contribution in [-0.2, 0) is 0 Å². The molecule has 2 N–H and O–H groups in total. The number of ether oxygens (including phenoxy) is 1. The first-order valence-electron chi connectivity index (χ1n) is 5.87. The van der Waals surface area contributed by atoms with E-state index in [1.165, 1.54) is 31.0 Å². The standard InChI is InChI=1S/C13H15FN4OS/c1-15-11-7-12(18-13(17-11)20-3)16-9-5-4-8(14)6-10(9)19-2/h4-7H,1-3H3,(H2,15,16,17,18). The Morgan fingerprint density at radius 3 is 2.60 bits per heavy atom. The largest absolute Gasteiger partial charge is 0.494 e. The van der Waals surface area contributed by atoms with Gasteiger partial charge in [-0.25, -0.2) is 14.4 Å². The first-order chi connectivity index (χ1) is 9.66. The van der Waals surface area contributed by atoms with Crippen LogP contribution in [0.2, 0.25) is 0 Å². The summed E-state index contributed by atoms with van der Waals surface area (Å²) in [6, 6.07) is 6.05. The molecule has 5 nitrogen and oxygen atoms in total. The Balaban J connectivity index is 2.34. The highest BCUT2D eigenvalue weighted by molar-refractivity contribution is 7.98. The summed E-state index contributed by atoms with van der Waals surface area (Å²) in [6.45, 7) is 0. The molecule has 20 heavy (non-hydrogen) atoms. The molecule has 1 heterocycles. The lowest BCUT2D eigenvalue weighted by Crippen LogP contribution is -2.01. The van der Waals surface area contributed by atoms with Crippen LogP contribution in [0.25, 0.3) is 0 Å². The van der Waals surface area contributed by atoms with E-state index in [1.54, 1.807) is 19.2 Å². The number of rotatable bonds is 5. The van der Waals surface area contributed by atoms with Crippen molar-refractivity contribution in [2.24, 2.45) is 0 Å². The van der Waals surface area contributed by atoms with E-state index >= 15 is 0 Å². The number of halogens is 1. The van der Waals surface area contributed by atoms with E-state index in [2.05, 4.69) is 20.6 Å². The van der Waals surface area contributed by atoms with E-state index in [-0.39, 0.29) is 5.82 Å². The summed E-state index contributed by atoms with van der Waals surface area (Å²) in [7, 11) is 3.28. The lowest BCUT2D eigenvalue weighted by Gasteiger charge is -2.12. The van der Waals surface area contributed by atoms with Crippen molar-refractivity contribution in [3.05, 3.63) is 30.1 Å². The van der Waals surface area contributed by atoms with Gasteiger partial charge in [-0.3, -0.25) is 0 Å². The van der Waals surface area contributed by atoms with Crippen molar-refractivity contribution in [3.63, 3.8) is 0 Å². The monoisotopic (exact) mass is 294 g/mol. The van der Waals surface area contributed by atoms with E-state index in [9.17, 15) is 4.39 Å². The van der Waals surface area contributed by atoms with Crippen molar-refractivity contribution in [3.8, 4) is 5.75 Å². The van der Waals surface area contributed by atoms with Crippen molar-refractivity contribution in [2.45, 2.75) is 5.16 Å². The van der Waals surface area contributed by atoms with Gasteiger partial charge >= 0.3 is 0 Å². The molecule has 1 aromatic carbocycles. The molecule has 2 rings (SSSR count). The smallest absolute Gasteiger partial charge is 0.191 e. The number of anilines is 3. The summed E-state index contributed by atoms with van der Waals surface area (Å²) in [5.74, 6) is 1.38. The number of nitrogens with one attached hydrogen (secondary N) is 2. The highest BCUT2D eigenvalue weighted by atomic mass is 32.2. The highest BCUT2D eigenvalue weighted by Gasteiger charge is 2.08. The van der Waals surface area contributed by atoms with Crippen LogP contribution in [0.4, 0.5) is 21.7 Å². The summed E-state index contributed by atoms with van der Waals surface area (Å²) in [5.41, 5.74) is 0.640. The number of hydrogen-bond acceptors (Lipinski definition) is 6. The van der Waals surface area contributed by atoms with Gasteiger partial charge in [-0.2, -0.15) is 0 Å². The molecule has 0 unspecified atom stereocenters. The predicted octanol–water partition coefficient (Wildman–Crippen LogP) is 3.13. The van der Waals surface area contributed by atoms with Crippen molar-refractivity contribution in [1.82, 2.24) is 9.97 Å². The van der Waals surface area contributed by atoms with Crippen LogP contribution < -0.4 is 15.4 Å². The van der Waals surface area contributed by atoms with Crippen molar-refractivity contribution in [1.29, 1.82) is 0 Å². The van der Waals surface area contributed by atoms with Gasteiger partial charge in [0.2, 0.25) is 0 Å². The normalized spacial score (nSPS) is 10.2. The molecule has 0 bridgehead atoms. The number of aromatic nitrogens is 2. The van der Waals surface area contributed by atoms with Gasteiger partial charge in [-0.1, -0.05) is 11.8 Å². The Morgan fingerprint density at radius 2 is 1.95 bits per heavy atom. The van der Waals surface area contributed by atoms with Gasteiger partial charge in [-0.05, 0) is 18.4 Å². The van der Waals surface area contributed by atoms with Gasteiger partial charge in [0.05, 0.1) is 12.8 Å². The average Bonchev–Trinajstić information content (AvgIpc) is 2.48.